The summed E-state index contributed by atoms with van der Waals surface area (Å²) in [4.78, 5) is 2.38. The van der Waals surface area contributed by atoms with Crippen LogP contribution in [0.2, 0.25) is 5.02 Å². The lowest BCUT2D eigenvalue weighted by atomic mass is 9.90. The minimum absolute atomic E-state index is 0.324. The molecule has 0 radical (unpaired) electrons. The molecule has 0 bridgehead atoms. The van der Waals surface area contributed by atoms with Gasteiger partial charge in [0.05, 0.1) is 16.9 Å². The van der Waals surface area contributed by atoms with Gasteiger partial charge in [0.2, 0.25) is 0 Å². The molecule has 1 fully saturated rings. The summed E-state index contributed by atoms with van der Waals surface area (Å²) >= 11 is 6.26. The van der Waals surface area contributed by atoms with E-state index in [0.717, 1.165) is 31.7 Å². The summed E-state index contributed by atoms with van der Waals surface area (Å²) in [6.45, 7) is 9.18. The Morgan fingerprint density at radius 3 is 2.60 bits per heavy atom. The topological polar surface area (TPSA) is 41.3 Å². The molecule has 1 aliphatic heterocycles. The summed E-state index contributed by atoms with van der Waals surface area (Å²) in [6, 6.07) is 0. The zero-order valence-electron chi connectivity index (χ0n) is 12.8. The molecule has 1 N–H and O–H groups in total. The molecular weight excluding hydrogens is 274 g/mol. The van der Waals surface area contributed by atoms with Gasteiger partial charge >= 0.3 is 0 Å². The predicted molar refractivity (Wildman–Crippen MR) is 82.0 cm³/mol. The van der Waals surface area contributed by atoms with Crippen LogP contribution in [0.1, 0.15) is 58.3 Å². The highest BCUT2D eigenvalue weighted by molar-refractivity contribution is 6.31. The van der Waals surface area contributed by atoms with Crippen molar-refractivity contribution in [2.24, 2.45) is 0 Å². The number of halogens is 1. The molecule has 114 valence electrons. The lowest BCUT2D eigenvalue weighted by Gasteiger charge is -2.44. The molecule has 0 aromatic carbocycles. The Labute approximate surface area is 126 Å². The highest BCUT2D eigenvalue weighted by Gasteiger charge is 2.38. The summed E-state index contributed by atoms with van der Waals surface area (Å²) in [7, 11) is 0. The molecule has 1 aromatic rings. The molecule has 20 heavy (non-hydrogen) atoms. The maximum atomic E-state index is 10.9. The molecule has 2 rings (SSSR count). The van der Waals surface area contributed by atoms with Crippen LogP contribution in [-0.2, 0) is 6.54 Å². The number of hydrogen-bond acceptors (Lipinski definition) is 3. The SMILES string of the molecule is CCCn1ncc(Cl)c1C(O)C(C)(C)N1CCCCC1. The largest absolute Gasteiger partial charge is 0.385 e. The quantitative estimate of drug-likeness (QED) is 0.907. The first-order chi connectivity index (χ1) is 9.48. The number of aryl methyl sites for hydroxylation is 1. The number of aromatic nitrogens is 2. The van der Waals surface area contributed by atoms with Crippen LogP contribution in [0.25, 0.3) is 0 Å². The van der Waals surface area contributed by atoms with E-state index in [9.17, 15) is 5.11 Å². The van der Waals surface area contributed by atoms with Crippen LogP contribution in [0, 0.1) is 0 Å². The molecule has 1 aliphatic rings. The van der Waals surface area contributed by atoms with Gasteiger partial charge in [-0.25, -0.2) is 0 Å². The Morgan fingerprint density at radius 2 is 2.00 bits per heavy atom. The van der Waals surface area contributed by atoms with E-state index >= 15 is 0 Å². The van der Waals surface area contributed by atoms with Crippen molar-refractivity contribution in [2.75, 3.05) is 13.1 Å². The van der Waals surface area contributed by atoms with Gasteiger partial charge in [0.25, 0.3) is 0 Å². The second-order valence-corrected chi connectivity index (χ2v) is 6.61. The Bertz CT molecular complexity index is 438. The van der Waals surface area contributed by atoms with Crippen LogP contribution in [0.5, 0.6) is 0 Å². The predicted octanol–water partition coefficient (Wildman–Crippen LogP) is 3.24. The summed E-state index contributed by atoms with van der Waals surface area (Å²) < 4.78 is 1.85. The number of piperidine rings is 1. The van der Waals surface area contributed by atoms with Gasteiger partial charge in [-0.3, -0.25) is 9.58 Å². The van der Waals surface area contributed by atoms with Crippen molar-refractivity contribution >= 4 is 11.6 Å². The van der Waals surface area contributed by atoms with E-state index in [0.29, 0.717) is 5.02 Å². The minimum Gasteiger partial charge on any atom is -0.385 e. The van der Waals surface area contributed by atoms with E-state index < -0.39 is 6.10 Å². The molecule has 0 aliphatic carbocycles. The fraction of sp³-hybridized carbons (Fsp3) is 0.800. The molecule has 1 aromatic heterocycles. The van der Waals surface area contributed by atoms with Gasteiger partial charge < -0.3 is 5.11 Å². The third-order valence-corrected chi connectivity index (χ3v) is 4.66. The molecular formula is C15H26ClN3O. The molecule has 1 unspecified atom stereocenters. The maximum Gasteiger partial charge on any atom is 0.115 e. The lowest BCUT2D eigenvalue weighted by molar-refractivity contribution is -0.0251. The van der Waals surface area contributed by atoms with Crippen molar-refractivity contribution in [3.05, 3.63) is 16.9 Å². The van der Waals surface area contributed by atoms with Gasteiger partial charge in [0.15, 0.2) is 0 Å². The number of aliphatic hydroxyl groups is 1. The monoisotopic (exact) mass is 299 g/mol. The summed E-state index contributed by atoms with van der Waals surface area (Å²) in [5.41, 5.74) is 0.430. The molecule has 2 heterocycles. The Morgan fingerprint density at radius 1 is 1.35 bits per heavy atom. The van der Waals surface area contributed by atoms with Crippen LogP contribution < -0.4 is 0 Å². The van der Waals surface area contributed by atoms with Crippen LogP contribution >= 0.6 is 11.6 Å². The van der Waals surface area contributed by atoms with Gasteiger partial charge in [0.1, 0.15) is 6.10 Å². The molecule has 1 atom stereocenters. The van der Waals surface area contributed by atoms with Gasteiger partial charge in [-0.2, -0.15) is 5.10 Å². The summed E-state index contributed by atoms with van der Waals surface area (Å²) in [5, 5.41) is 15.7. The Balaban J connectivity index is 2.24. The first-order valence-electron chi connectivity index (χ1n) is 7.62. The van der Waals surface area contributed by atoms with Gasteiger partial charge in [-0.05, 0) is 46.2 Å². The van der Waals surface area contributed by atoms with E-state index in [1.165, 1.54) is 19.3 Å². The van der Waals surface area contributed by atoms with Crippen molar-refractivity contribution in [2.45, 2.75) is 64.6 Å². The van der Waals surface area contributed by atoms with Gasteiger partial charge in [0, 0.05) is 12.1 Å². The first-order valence-corrected chi connectivity index (χ1v) is 8.00. The van der Waals surface area contributed by atoms with Crippen LogP contribution in [0.15, 0.2) is 6.20 Å². The second-order valence-electron chi connectivity index (χ2n) is 6.20. The summed E-state index contributed by atoms with van der Waals surface area (Å²) in [6.07, 6.45) is 5.69. The normalized spacial score (nSPS) is 19.2. The maximum absolute atomic E-state index is 10.9. The molecule has 0 saturated carbocycles. The average Bonchev–Trinajstić information content (AvgIpc) is 2.80. The highest BCUT2D eigenvalue weighted by Crippen LogP contribution is 2.36. The number of nitrogens with zero attached hydrogens (tertiary/aromatic N) is 3. The standard InChI is InChI=1S/C15H26ClN3O/c1-4-8-19-13(12(16)11-17-19)14(20)15(2,3)18-9-6-5-7-10-18/h11,14,20H,4-10H2,1-3H3. The fourth-order valence-electron chi connectivity index (χ4n) is 3.01. The zero-order chi connectivity index (χ0) is 14.8. The Hall–Kier alpha value is -0.580. The van der Waals surface area contributed by atoms with Crippen LogP contribution in [0.3, 0.4) is 0 Å². The van der Waals surface area contributed by atoms with E-state index in [1.807, 2.05) is 4.68 Å². The second kappa shape index (κ2) is 6.46. The van der Waals surface area contributed by atoms with Gasteiger partial charge in [-0.1, -0.05) is 24.9 Å². The van der Waals surface area contributed by atoms with Gasteiger partial charge in [-0.15, -0.1) is 0 Å². The number of rotatable bonds is 5. The third kappa shape index (κ3) is 3.02. The van der Waals surface area contributed by atoms with Crippen molar-refractivity contribution in [3.63, 3.8) is 0 Å². The number of likely N-dealkylation sites (tertiary alicyclic amines) is 1. The molecule has 0 spiro atoms. The summed E-state index contributed by atoms with van der Waals surface area (Å²) in [5.74, 6) is 0. The van der Waals surface area contributed by atoms with Crippen LogP contribution in [0.4, 0.5) is 0 Å². The van der Waals surface area contributed by atoms with Crippen molar-refractivity contribution < 1.29 is 5.11 Å². The molecule has 5 heteroatoms. The Kier molecular flexibility index (Phi) is 5.10. The lowest BCUT2D eigenvalue weighted by Crippen LogP contribution is -2.51. The molecule has 4 nitrogen and oxygen atoms in total. The number of aliphatic hydroxyl groups excluding tert-OH is 1. The molecule has 0 amide bonds. The van der Waals surface area contributed by atoms with E-state index in [4.69, 9.17) is 11.6 Å². The van der Waals surface area contributed by atoms with Crippen LogP contribution in [-0.4, -0.2) is 38.4 Å². The minimum atomic E-state index is -0.623. The zero-order valence-corrected chi connectivity index (χ0v) is 13.5. The smallest absolute Gasteiger partial charge is 0.115 e. The van der Waals surface area contributed by atoms with E-state index in [2.05, 4.69) is 30.8 Å². The molecule has 1 saturated heterocycles. The van der Waals surface area contributed by atoms with E-state index in [1.54, 1.807) is 6.20 Å². The van der Waals surface area contributed by atoms with E-state index in [-0.39, 0.29) is 5.54 Å². The number of hydrogen-bond donors (Lipinski definition) is 1. The highest BCUT2D eigenvalue weighted by atomic mass is 35.5. The van der Waals surface area contributed by atoms with Crippen molar-refractivity contribution in [1.29, 1.82) is 0 Å². The van der Waals surface area contributed by atoms with Crippen molar-refractivity contribution in [1.82, 2.24) is 14.7 Å². The first kappa shape index (κ1) is 15.8. The third-order valence-electron chi connectivity index (χ3n) is 4.37. The average molecular weight is 300 g/mol. The fourth-order valence-corrected chi connectivity index (χ4v) is 3.26. The van der Waals surface area contributed by atoms with Crippen molar-refractivity contribution in [3.8, 4) is 0 Å².